The zero-order valence-electron chi connectivity index (χ0n) is 17.0. The van der Waals surface area contributed by atoms with E-state index in [2.05, 4.69) is 10.3 Å². The van der Waals surface area contributed by atoms with Gasteiger partial charge in [0.2, 0.25) is 5.91 Å². The zero-order chi connectivity index (χ0) is 22.9. The van der Waals surface area contributed by atoms with Crippen LogP contribution in [0.4, 0.5) is 5.69 Å². The first-order valence-electron chi connectivity index (χ1n) is 9.25. The normalized spacial score (nSPS) is 11.5. The molecule has 0 spiro atoms. The van der Waals surface area contributed by atoms with Crippen molar-refractivity contribution in [1.29, 1.82) is 0 Å². The van der Waals surface area contributed by atoms with Gasteiger partial charge in [-0.15, -0.1) is 11.6 Å². The number of nitrogens with one attached hydrogen (secondary N) is 1. The predicted molar refractivity (Wildman–Crippen MR) is 122 cm³/mol. The topological polar surface area (TPSA) is 93.4 Å². The third-order valence-electron chi connectivity index (χ3n) is 4.13. The maximum Gasteiger partial charge on any atom is 0.326 e. The number of amides is 1. The van der Waals surface area contributed by atoms with E-state index in [1.54, 1.807) is 43.5 Å². The number of carbonyl (C=O) groups is 2. The van der Waals surface area contributed by atoms with Gasteiger partial charge in [0, 0.05) is 10.7 Å². The minimum absolute atomic E-state index is 0.0495. The van der Waals surface area contributed by atoms with Gasteiger partial charge in [-0.25, -0.2) is 4.98 Å². The Hall–Kier alpha value is -2.48. The number of esters is 1. The lowest BCUT2D eigenvalue weighted by Crippen LogP contribution is -2.26. The summed E-state index contributed by atoms with van der Waals surface area (Å²) in [7, 11) is 0. The van der Waals surface area contributed by atoms with Crippen molar-refractivity contribution in [3.05, 3.63) is 40.4 Å². The van der Waals surface area contributed by atoms with Crippen LogP contribution in [0.15, 0.2) is 30.3 Å². The summed E-state index contributed by atoms with van der Waals surface area (Å²) in [5.74, 6) is -0.995. The number of alkyl halides is 1. The van der Waals surface area contributed by atoms with Crippen molar-refractivity contribution in [3.63, 3.8) is 0 Å². The second-order valence-electron chi connectivity index (χ2n) is 7.78. The highest BCUT2D eigenvalue weighted by molar-refractivity contribution is 6.36. The Balaban J connectivity index is 2.16. The van der Waals surface area contributed by atoms with E-state index >= 15 is 0 Å². The van der Waals surface area contributed by atoms with E-state index in [0.29, 0.717) is 21.7 Å². The molecule has 1 aromatic heterocycles. The lowest BCUT2D eigenvalue weighted by Gasteiger charge is -2.20. The summed E-state index contributed by atoms with van der Waals surface area (Å²) in [5.41, 5.74) is 1.12. The van der Waals surface area contributed by atoms with E-state index in [1.165, 1.54) is 12.1 Å². The number of hydrogen-bond acceptors (Lipinski definition) is 5. The summed E-state index contributed by atoms with van der Waals surface area (Å²) in [6.45, 7) is 5.14. The molecule has 2 N–H and O–H groups in total. The van der Waals surface area contributed by atoms with E-state index in [1.807, 2.05) is 0 Å². The van der Waals surface area contributed by atoms with Crippen molar-refractivity contribution in [2.24, 2.45) is 0 Å². The van der Waals surface area contributed by atoms with Crippen LogP contribution in [0, 0.1) is 0 Å². The fourth-order valence-corrected chi connectivity index (χ4v) is 3.57. The van der Waals surface area contributed by atoms with Crippen LogP contribution < -0.4 is 5.32 Å². The molecule has 164 valence electrons. The van der Waals surface area contributed by atoms with Crippen LogP contribution in [0.2, 0.25) is 10.0 Å². The molecule has 7 nitrogen and oxygen atoms in total. The van der Waals surface area contributed by atoms with E-state index in [-0.39, 0.29) is 40.5 Å². The molecule has 10 heteroatoms. The Bertz CT molecular complexity index is 1170. The Morgan fingerprint density at radius 2 is 1.90 bits per heavy atom. The number of halogens is 3. The third-order valence-corrected chi connectivity index (χ3v) is 4.88. The number of rotatable bonds is 5. The molecule has 0 saturated heterocycles. The Labute approximate surface area is 193 Å². The molecule has 0 saturated carbocycles. The fraction of sp³-hybridized carbons (Fsp3) is 0.286. The van der Waals surface area contributed by atoms with Crippen molar-refractivity contribution in [2.45, 2.75) is 32.9 Å². The van der Waals surface area contributed by atoms with Gasteiger partial charge in [-0.1, -0.05) is 23.2 Å². The first-order chi connectivity index (χ1) is 14.5. The molecule has 3 rings (SSSR count). The predicted octanol–water partition coefficient (Wildman–Crippen LogP) is 5.23. The van der Waals surface area contributed by atoms with E-state index in [4.69, 9.17) is 39.5 Å². The van der Waals surface area contributed by atoms with Gasteiger partial charge in [-0.2, -0.15) is 0 Å². The molecule has 2 aromatic carbocycles. The standard InChI is InChI=1S/C21H20Cl3N3O4/c1-21(2,3)31-18(29)10-27-16-5-4-12(25-17(28)9-22)8-15(16)26-20(27)13-6-11(23)7-14(24)19(13)30/h4-8,30H,9-10H2,1-3H3,(H,25,28). The summed E-state index contributed by atoms with van der Waals surface area (Å²) >= 11 is 17.8. The summed E-state index contributed by atoms with van der Waals surface area (Å²) < 4.78 is 7.04. The average molecular weight is 485 g/mol. The molecule has 0 atom stereocenters. The number of carbonyl (C=O) groups excluding carboxylic acids is 2. The monoisotopic (exact) mass is 483 g/mol. The number of nitrogens with zero attached hydrogens (tertiary/aromatic N) is 2. The van der Waals surface area contributed by atoms with E-state index < -0.39 is 11.6 Å². The Morgan fingerprint density at radius 1 is 1.19 bits per heavy atom. The van der Waals surface area contributed by atoms with Crippen LogP contribution in [0.5, 0.6) is 5.75 Å². The quantitative estimate of drug-likeness (QED) is 0.382. The van der Waals surface area contributed by atoms with Crippen LogP contribution in [0.1, 0.15) is 20.8 Å². The van der Waals surface area contributed by atoms with Gasteiger partial charge in [-0.05, 0) is 51.1 Å². The molecule has 1 heterocycles. The highest BCUT2D eigenvalue weighted by Crippen LogP contribution is 2.39. The number of imidazole rings is 1. The van der Waals surface area contributed by atoms with Crippen LogP contribution in [0.25, 0.3) is 22.4 Å². The van der Waals surface area contributed by atoms with Gasteiger partial charge in [0.25, 0.3) is 0 Å². The first kappa shape index (κ1) is 23.2. The van der Waals surface area contributed by atoms with Crippen molar-refractivity contribution >= 4 is 63.4 Å². The number of phenols is 1. The van der Waals surface area contributed by atoms with Crippen molar-refractivity contribution in [3.8, 4) is 17.1 Å². The minimum Gasteiger partial charge on any atom is -0.506 e. The molecule has 0 aliphatic rings. The molecule has 0 aliphatic carbocycles. The number of fused-ring (bicyclic) bond motifs is 1. The third kappa shape index (κ3) is 5.42. The Kier molecular flexibility index (Phi) is 6.69. The number of anilines is 1. The first-order valence-corrected chi connectivity index (χ1v) is 10.5. The maximum atomic E-state index is 12.6. The number of ether oxygens (including phenoxy) is 1. The summed E-state index contributed by atoms with van der Waals surface area (Å²) in [5, 5.41) is 13.5. The van der Waals surface area contributed by atoms with Gasteiger partial charge in [-0.3, -0.25) is 9.59 Å². The smallest absolute Gasteiger partial charge is 0.326 e. The van der Waals surface area contributed by atoms with Crippen LogP contribution in [0.3, 0.4) is 0 Å². The summed E-state index contributed by atoms with van der Waals surface area (Å²) in [6, 6.07) is 7.91. The van der Waals surface area contributed by atoms with E-state index in [0.717, 1.165) is 0 Å². The van der Waals surface area contributed by atoms with Gasteiger partial charge < -0.3 is 19.7 Å². The van der Waals surface area contributed by atoms with E-state index in [9.17, 15) is 14.7 Å². The van der Waals surface area contributed by atoms with Crippen molar-refractivity contribution in [2.75, 3.05) is 11.2 Å². The zero-order valence-corrected chi connectivity index (χ0v) is 19.3. The van der Waals surface area contributed by atoms with Crippen LogP contribution in [-0.2, 0) is 20.9 Å². The number of aromatic hydroxyl groups is 1. The van der Waals surface area contributed by atoms with Crippen molar-refractivity contribution in [1.82, 2.24) is 9.55 Å². The number of hydrogen-bond donors (Lipinski definition) is 2. The molecule has 0 radical (unpaired) electrons. The van der Waals surface area contributed by atoms with Crippen LogP contribution >= 0.6 is 34.8 Å². The second kappa shape index (κ2) is 8.94. The molecule has 0 aliphatic heterocycles. The number of phenolic OH excluding ortho intramolecular Hbond substituents is 1. The van der Waals surface area contributed by atoms with Crippen molar-refractivity contribution < 1.29 is 19.4 Å². The second-order valence-corrected chi connectivity index (χ2v) is 8.89. The minimum atomic E-state index is -0.672. The largest absolute Gasteiger partial charge is 0.506 e. The van der Waals surface area contributed by atoms with Gasteiger partial charge in [0.15, 0.2) is 0 Å². The molecular formula is C21H20Cl3N3O4. The number of aromatic nitrogens is 2. The summed E-state index contributed by atoms with van der Waals surface area (Å²) in [4.78, 5) is 28.7. The molecular weight excluding hydrogens is 465 g/mol. The number of benzene rings is 2. The molecule has 3 aromatic rings. The highest BCUT2D eigenvalue weighted by Gasteiger charge is 2.23. The lowest BCUT2D eigenvalue weighted by molar-refractivity contribution is -0.155. The lowest BCUT2D eigenvalue weighted by atomic mass is 10.2. The molecule has 1 amide bonds. The van der Waals surface area contributed by atoms with Crippen LogP contribution in [-0.4, -0.2) is 38.0 Å². The molecule has 0 unspecified atom stereocenters. The SMILES string of the molecule is CC(C)(C)OC(=O)Cn1c(-c2cc(Cl)cc(Cl)c2O)nc2cc(NC(=O)CCl)ccc21. The maximum absolute atomic E-state index is 12.6. The Morgan fingerprint density at radius 3 is 2.55 bits per heavy atom. The molecule has 0 bridgehead atoms. The fourth-order valence-electron chi connectivity index (χ4n) is 3.01. The average Bonchev–Trinajstić information content (AvgIpc) is 3.00. The summed E-state index contributed by atoms with van der Waals surface area (Å²) in [6.07, 6.45) is 0. The van der Waals surface area contributed by atoms with Gasteiger partial charge >= 0.3 is 5.97 Å². The molecule has 31 heavy (non-hydrogen) atoms. The molecule has 0 fully saturated rings. The highest BCUT2D eigenvalue weighted by atomic mass is 35.5. The van der Waals surface area contributed by atoms with Gasteiger partial charge in [0.05, 0.1) is 21.6 Å². The van der Waals surface area contributed by atoms with Gasteiger partial charge in [0.1, 0.15) is 29.6 Å².